The molecule has 1 aliphatic carbocycles. The number of carbonyl (C=O) groups excluding carboxylic acids is 1. The number of hydrogen-bond donors (Lipinski definition) is 0. The Morgan fingerprint density at radius 1 is 1.59 bits per heavy atom. The van der Waals surface area contributed by atoms with Gasteiger partial charge in [0.25, 0.3) is 0 Å². The summed E-state index contributed by atoms with van der Waals surface area (Å²) in [5.74, 6) is 0.261. The highest BCUT2D eigenvalue weighted by atomic mass is 32.2. The minimum atomic E-state index is -0.0465. The average molecular weight is 274 g/mol. The fourth-order valence-corrected chi connectivity index (χ4v) is 4.53. The molecule has 2 rings (SSSR count). The van der Waals surface area contributed by atoms with Gasteiger partial charge < -0.3 is 9.47 Å². The van der Waals surface area contributed by atoms with E-state index >= 15 is 0 Å². The van der Waals surface area contributed by atoms with E-state index in [1.165, 1.54) is 0 Å². The molecule has 2 aliphatic rings. The van der Waals surface area contributed by atoms with Crippen molar-refractivity contribution in [2.75, 3.05) is 6.61 Å². The number of hydrogen-bond acceptors (Lipinski definition) is 5. The van der Waals surface area contributed by atoms with E-state index in [4.69, 9.17) is 21.7 Å². The van der Waals surface area contributed by atoms with Gasteiger partial charge in [-0.05, 0) is 38.4 Å². The van der Waals surface area contributed by atoms with Crippen molar-refractivity contribution in [3.63, 3.8) is 0 Å². The van der Waals surface area contributed by atoms with Crippen LogP contribution in [0, 0.1) is 11.8 Å². The molecule has 0 aromatic rings. The van der Waals surface area contributed by atoms with Crippen molar-refractivity contribution >= 4 is 34.3 Å². The van der Waals surface area contributed by atoms with E-state index in [0.29, 0.717) is 22.2 Å². The van der Waals surface area contributed by atoms with Crippen molar-refractivity contribution in [2.24, 2.45) is 11.8 Å². The highest BCUT2D eigenvalue weighted by molar-refractivity contribution is 8.23. The second-order valence-electron chi connectivity index (χ2n) is 4.61. The van der Waals surface area contributed by atoms with Gasteiger partial charge in [0.05, 0.1) is 12.5 Å². The van der Waals surface area contributed by atoms with Crippen LogP contribution in [0.3, 0.4) is 0 Å². The van der Waals surface area contributed by atoms with Crippen LogP contribution in [0.25, 0.3) is 0 Å². The summed E-state index contributed by atoms with van der Waals surface area (Å²) >= 11 is 6.78. The minimum Gasteiger partial charge on any atom is -0.479 e. The van der Waals surface area contributed by atoms with E-state index in [1.807, 2.05) is 13.8 Å². The molecule has 0 amide bonds. The van der Waals surface area contributed by atoms with Gasteiger partial charge in [-0.1, -0.05) is 18.7 Å². The van der Waals surface area contributed by atoms with Crippen molar-refractivity contribution in [3.8, 4) is 0 Å². The first-order valence-electron chi connectivity index (χ1n) is 6.17. The van der Waals surface area contributed by atoms with Gasteiger partial charge in [-0.15, -0.1) is 0 Å². The molecule has 96 valence electrons. The van der Waals surface area contributed by atoms with Crippen LogP contribution in [0.2, 0.25) is 0 Å². The van der Waals surface area contributed by atoms with Crippen LogP contribution in [0.4, 0.5) is 0 Å². The molecule has 0 bridgehead atoms. The van der Waals surface area contributed by atoms with Crippen molar-refractivity contribution in [2.45, 2.75) is 44.5 Å². The van der Waals surface area contributed by atoms with Crippen molar-refractivity contribution in [3.05, 3.63) is 0 Å². The summed E-state index contributed by atoms with van der Waals surface area (Å²) < 4.78 is 11.3. The lowest BCUT2D eigenvalue weighted by Gasteiger charge is -2.32. The first kappa shape index (κ1) is 13.1. The Labute approximate surface area is 112 Å². The molecule has 2 unspecified atom stereocenters. The first-order chi connectivity index (χ1) is 8.13. The lowest BCUT2D eigenvalue weighted by atomic mass is 9.80. The summed E-state index contributed by atoms with van der Waals surface area (Å²) in [6.07, 6.45) is 3.31. The zero-order valence-electron chi connectivity index (χ0n) is 10.2. The fourth-order valence-electron chi connectivity index (χ4n) is 2.75. The fraction of sp³-hybridized carbons (Fsp3) is 0.833. The van der Waals surface area contributed by atoms with Crippen molar-refractivity contribution in [1.82, 2.24) is 0 Å². The zero-order chi connectivity index (χ0) is 12.4. The highest BCUT2D eigenvalue weighted by Crippen LogP contribution is 2.44. The highest BCUT2D eigenvalue weighted by Gasteiger charge is 2.48. The van der Waals surface area contributed by atoms with Gasteiger partial charge >= 0.3 is 5.97 Å². The molecule has 4 atom stereocenters. The molecule has 0 N–H and O–H groups in total. The second-order valence-corrected chi connectivity index (χ2v) is 6.45. The van der Waals surface area contributed by atoms with Gasteiger partial charge in [0.2, 0.25) is 4.38 Å². The summed E-state index contributed by atoms with van der Waals surface area (Å²) in [4.78, 5) is 11.6. The molecular weight excluding hydrogens is 256 g/mol. The Bertz CT molecular complexity index is 319. The van der Waals surface area contributed by atoms with E-state index in [-0.39, 0.29) is 18.0 Å². The number of ether oxygens (including phenoxy) is 2. The van der Waals surface area contributed by atoms with Crippen LogP contribution in [-0.2, 0) is 14.3 Å². The Hall–Kier alpha value is -0.290. The number of carbonyl (C=O) groups is 1. The Kier molecular flexibility index (Phi) is 4.31. The first-order valence-corrected chi connectivity index (χ1v) is 7.46. The minimum absolute atomic E-state index is 0.00206. The predicted octanol–water partition coefficient (Wildman–Crippen LogP) is 2.77. The van der Waals surface area contributed by atoms with Crippen molar-refractivity contribution < 1.29 is 14.3 Å². The predicted molar refractivity (Wildman–Crippen MR) is 72.0 cm³/mol. The SMILES string of the molecule is CCOC(=S)SC1CCC[C@H]2OC(=O)C(C)[C@@H]12. The molecule has 1 heterocycles. The summed E-state index contributed by atoms with van der Waals surface area (Å²) in [7, 11) is 0. The molecule has 17 heavy (non-hydrogen) atoms. The van der Waals surface area contributed by atoms with Crippen LogP contribution in [-0.4, -0.2) is 28.3 Å². The van der Waals surface area contributed by atoms with Gasteiger partial charge in [0.1, 0.15) is 6.10 Å². The molecule has 1 saturated carbocycles. The Morgan fingerprint density at radius 2 is 2.35 bits per heavy atom. The summed E-state index contributed by atoms with van der Waals surface area (Å²) in [6.45, 7) is 4.51. The zero-order valence-corrected chi connectivity index (χ0v) is 11.8. The average Bonchev–Trinajstić information content (AvgIpc) is 2.56. The second kappa shape index (κ2) is 5.57. The van der Waals surface area contributed by atoms with E-state index < -0.39 is 0 Å². The van der Waals surface area contributed by atoms with Crippen LogP contribution in [0.15, 0.2) is 0 Å². The third kappa shape index (κ3) is 2.76. The molecule has 3 nitrogen and oxygen atoms in total. The van der Waals surface area contributed by atoms with E-state index in [1.54, 1.807) is 11.8 Å². The lowest BCUT2D eigenvalue weighted by molar-refractivity contribution is -0.144. The van der Waals surface area contributed by atoms with Gasteiger partial charge in [-0.3, -0.25) is 4.79 Å². The quantitative estimate of drug-likeness (QED) is 0.571. The topological polar surface area (TPSA) is 35.5 Å². The monoisotopic (exact) mass is 274 g/mol. The van der Waals surface area contributed by atoms with Crippen LogP contribution in [0.1, 0.15) is 33.1 Å². The maximum Gasteiger partial charge on any atom is 0.309 e. The number of rotatable bonds is 2. The molecule has 0 aromatic heterocycles. The normalized spacial score (nSPS) is 36.2. The van der Waals surface area contributed by atoms with E-state index in [0.717, 1.165) is 19.3 Å². The van der Waals surface area contributed by atoms with Gasteiger partial charge in [-0.2, -0.15) is 0 Å². The molecule has 2 fully saturated rings. The molecular formula is C12H18O3S2. The smallest absolute Gasteiger partial charge is 0.309 e. The lowest BCUT2D eigenvalue weighted by Crippen LogP contribution is -2.34. The molecule has 0 radical (unpaired) electrons. The maximum absolute atomic E-state index is 11.6. The van der Waals surface area contributed by atoms with Crippen LogP contribution < -0.4 is 0 Å². The molecule has 5 heteroatoms. The Balaban J connectivity index is 2.01. The number of esters is 1. The van der Waals surface area contributed by atoms with Gasteiger partial charge in [0.15, 0.2) is 0 Å². The third-order valence-corrected chi connectivity index (χ3v) is 5.13. The van der Waals surface area contributed by atoms with E-state index in [9.17, 15) is 4.79 Å². The number of thiocarbonyl (C=S) groups is 1. The van der Waals surface area contributed by atoms with Gasteiger partial charge in [-0.25, -0.2) is 0 Å². The summed E-state index contributed by atoms with van der Waals surface area (Å²) in [6, 6.07) is 0. The van der Waals surface area contributed by atoms with Crippen molar-refractivity contribution in [1.29, 1.82) is 0 Å². The summed E-state index contributed by atoms with van der Waals surface area (Å²) in [5.41, 5.74) is 0. The summed E-state index contributed by atoms with van der Waals surface area (Å²) in [5, 5.41) is 0.370. The molecule has 0 spiro atoms. The van der Waals surface area contributed by atoms with Gasteiger partial charge in [0, 0.05) is 11.2 Å². The molecule has 1 saturated heterocycles. The number of thioether (sulfide) groups is 1. The van der Waals surface area contributed by atoms with Crippen LogP contribution in [0.5, 0.6) is 0 Å². The van der Waals surface area contributed by atoms with E-state index in [2.05, 4.69) is 0 Å². The maximum atomic E-state index is 11.6. The third-order valence-electron chi connectivity index (χ3n) is 3.56. The largest absolute Gasteiger partial charge is 0.479 e. The number of fused-ring (bicyclic) bond motifs is 1. The molecule has 0 aromatic carbocycles. The molecule has 1 aliphatic heterocycles. The Morgan fingerprint density at radius 3 is 3.06 bits per heavy atom. The van der Waals surface area contributed by atoms with Crippen LogP contribution >= 0.6 is 24.0 Å². The standard InChI is InChI=1S/C12H18O3S2/c1-3-14-12(16)17-9-6-4-5-8-10(9)7(2)11(13)15-8/h7-10H,3-6H2,1-2H3/t7?,8-,9?,10-/m1/s1.